The maximum atomic E-state index is 12.7. The summed E-state index contributed by atoms with van der Waals surface area (Å²) in [6, 6.07) is 4.12. The molecule has 6 nitrogen and oxygen atoms in total. The fourth-order valence-corrected chi connectivity index (χ4v) is 4.11. The van der Waals surface area contributed by atoms with Crippen molar-refractivity contribution in [2.45, 2.75) is 37.8 Å². The number of likely N-dealkylation sites (tertiary alicyclic amines) is 1. The first-order chi connectivity index (χ1) is 11.7. The lowest BCUT2D eigenvalue weighted by Gasteiger charge is -2.39. The molecule has 2 aliphatic rings. The van der Waals surface area contributed by atoms with Crippen molar-refractivity contribution in [2.75, 3.05) is 13.2 Å². The summed E-state index contributed by atoms with van der Waals surface area (Å²) >= 11 is 1.62. The number of rotatable bonds is 3. The van der Waals surface area contributed by atoms with Crippen molar-refractivity contribution in [3.63, 3.8) is 0 Å². The van der Waals surface area contributed by atoms with Crippen molar-refractivity contribution in [1.29, 1.82) is 0 Å². The lowest BCUT2D eigenvalue weighted by molar-refractivity contribution is -0.132. The number of thiophene rings is 1. The van der Waals surface area contributed by atoms with E-state index in [4.69, 9.17) is 9.15 Å². The summed E-state index contributed by atoms with van der Waals surface area (Å²) in [5, 5.41) is 10.1. The predicted octanol–water partition coefficient (Wildman–Crippen LogP) is 2.63. The SMILES string of the molecule is Cc1nnc([C@H]2C[C@H]3OCC[C@H]3N(C(=O)/C=C/c3cccs3)C2)o1. The van der Waals surface area contributed by atoms with Gasteiger partial charge in [0.15, 0.2) is 0 Å². The van der Waals surface area contributed by atoms with Gasteiger partial charge in [-0.05, 0) is 30.4 Å². The number of amides is 1. The number of hydrogen-bond acceptors (Lipinski definition) is 6. The quantitative estimate of drug-likeness (QED) is 0.800. The molecule has 126 valence electrons. The molecule has 2 aromatic heterocycles. The first-order valence-corrected chi connectivity index (χ1v) is 9.02. The van der Waals surface area contributed by atoms with E-state index in [1.54, 1.807) is 24.3 Å². The highest BCUT2D eigenvalue weighted by molar-refractivity contribution is 7.10. The van der Waals surface area contributed by atoms with Gasteiger partial charge in [-0.25, -0.2) is 0 Å². The topological polar surface area (TPSA) is 68.5 Å². The number of aryl methyl sites for hydroxylation is 1. The number of fused-ring (bicyclic) bond motifs is 1. The van der Waals surface area contributed by atoms with Crippen molar-refractivity contribution >= 4 is 23.3 Å². The number of hydrogen-bond donors (Lipinski definition) is 0. The maximum absolute atomic E-state index is 12.7. The molecule has 4 rings (SSSR count). The Kier molecular flexibility index (Phi) is 4.20. The van der Waals surface area contributed by atoms with Gasteiger partial charge < -0.3 is 14.1 Å². The summed E-state index contributed by atoms with van der Waals surface area (Å²) < 4.78 is 11.4. The van der Waals surface area contributed by atoms with Crippen molar-refractivity contribution in [3.05, 3.63) is 40.2 Å². The van der Waals surface area contributed by atoms with Gasteiger partial charge in [-0.2, -0.15) is 0 Å². The molecule has 0 bridgehead atoms. The van der Waals surface area contributed by atoms with Crippen LogP contribution in [0.4, 0.5) is 0 Å². The van der Waals surface area contributed by atoms with Gasteiger partial charge in [-0.15, -0.1) is 21.5 Å². The molecular formula is C17H19N3O3S. The summed E-state index contributed by atoms with van der Waals surface area (Å²) in [7, 11) is 0. The smallest absolute Gasteiger partial charge is 0.246 e. The average molecular weight is 345 g/mol. The molecule has 0 spiro atoms. The fraction of sp³-hybridized carbons (Fsp3) is 0.471. The van der Waals surface area contributed by atoms with E-state index in [1.165, 1.54) is 0 Å². The Balaban J connectivity index is 1.54. The Morgan fingerprint density at radius 1 is 1.46 bits per heavy atom. The van der Waals surface area contributed by atoms with Gasteiger partial charge in [-0.3, -0.25) is 4.79 Å². The van der Waals surface area contributed by atoms with Crippen LogP contribution < -0.4 is 0 Å². The van der Waals surface area contributed by atoms with Crippen molar-refractivity contribution in [3.8, 4) is 0 Å². The number of piperidine rings is 1. The molecule has 0 N–H and O–H groups in total. The number of aromatic nitrogens is 2. The molecule has 0 saturated carbocycles. The standard InChI is InChI=1S/C17H19N3O3S/c1-11-18-19-17(23-11)12-9-15-14(6-7-22-15)20(10-12)16(21)5-4-13-3-2-8-24-13/h2-5,8,12,14-15H,6-7,9-10H2,1H3/b5-4+/t12-,14+,15+/m0/s1. The molecule has 1 amide bonds. The Labute approximate surface area is 144 Å². The van der Waals surface area contributed by atoms with Gasteiger partial charge in [0, 0.05) is 31.0 Å². The van der Waals surface area contributed by atoms with E-state index in [0.29, 0.717) is 24.9 Å². The highest BCUT2D eigenvalue weighted by atomic mass is 32.1. The molecule has 24 heavy (non-hydrogen) atoms. The third-order valence-electron chi connectivity index (χ3n) is 4.62. The Bertz CT molecular complexity index is 740. The summed E-state index contributed by atoms with van der Waals surface area (Å²) in [6.45, 7) is 3.07. The zero-order valence-corrected chi connectivity index (χ0v) is 14.2. The third-order valence-corrected chi connectivity index (χ3v) is 5.45. The van der Waals surface area contributed by atoms with E-state index in [9.17, 15) is 4.79 Å². The maximum Gasteiger partial charge on any atom is 0.246 e. The summed E-state index contributed by atoms with van der Waals surface area (Å²) in [4.78, 5) is 15.7. The van der Waals surface area contributed by atoms with Gasteiger partial charge in [0.25, 0.3) is 0 Å². The Morgan fingerprint density at radius 2 is 2.38 bits per heavy atom. The predicted molar refractivity (Wildman–Crippen MR) is 89.6 cm³/mol. The summed E-state index contributed by atoms with van der Waals surface area (Å²) in [5.74, 6) is 1.20. The monoisotopic (exact) mass is 345 g/mol. The normalized spacial score (nSPS) is 26.9. The molecule has 2 aromatic rings. The van der Waals surface area contributed by atoms with Gasteiger partial charge in [0.2, 0.25) is 17.7 Å². The molecule has 0 unspecified atom stereocenters. The number of nitrogens with zero attached hydrogens (tertiary/aromatic N) is 3. The minimum absolute atomic E-state index is 0.0184. The van der Waals surface area contributed by atoms with Crippen LogP contribution in [0.1, 0.15) is 35.4 Å². The molecular weight excluding hydrogens is 326 g/mol. The number of carbonyl (C=O) groups is 1. The number of carbonyl (C=O) groups excluding carboxylic acids is 1. The minimum Gasteiger partial charge on any atom is -0.425 e. The van der Waals surface area contributed by atoms with Crippen LogP contribution in [0.3, 0.4) is 0 Å². The lowest BCUT2D eigenvalue weighted by atomic mass is 9.90. The van der Waals surface area contributed by atoms with E-state index >= 15 is 0 Å². The zero-order valence-electron chi connectivity index (χ0n) is 13.4. The second kappa shape index (κ2) is 6.49. The molecule has 7 heteroatoms. The zero-order chi connectivity index (χ0) is 16.5. The Hall–Kier alpha value is -1.99. The molecule has 4 heterocycles. The first kappa shape index (κ1) is 15.5. The van der Waals surface area contributed by atoms with Crippen LogP contribution in [-0.4, -0.2) is 46.3 Å². The largest absolute Gasteiger partial charge is 0.425 e. The van der Waals surface area contributed by atoms with Crippen LogP contribution in [0.25, 0.3) is 6.08 Å². The first-order valence-electron chi connectivity index (χ1n) is 8.14. The molecule has 2 aliphatic heterocycles. The molecule has 3 atom stereocenters. The van der Waals surface area contributed by atoms with E-state index < -0.39 is 0 Å². The van der Waals surface area contributed by atoms with Crippen LogP contribution >= 0.6 is 11.3 Å². The molecule has 0 aliphatic carbocycles. The van der Waals surface area contributed by atoms with E-state index in [2.05, 4.69) is 10.2 Å². The van der Waals surface area contributed by atoms with E-state index in [0.717, 1.165) is 17.7 Å². The third kappa shape index (κ3) is 3.01. The highest BCUT2D eigenvalue weighted by Gasteiger charge is 2.43. The van der Waals surface area contributed by atoms with Gasteiger partial charge in [0.05, 0.1) is 18.1 Å². The highest BCUT2D eigenvalue weighted by Crippen LogP contribution is 2.36. The molecule has 2 saturated heterocycles. The molecule has 0 aromatic carbocycles. The van der Waals surface area contributed by atoms with Crippen molar-refractivity contribution < 1.29 is 13.9 Å². The molecule has 0 radical (unpaired) electrons. The van der Waals surface area contributed by atoms with Crippen LogP contribution in [0, 0.1) is 6.92 Å². The summed E-state index contributed by atoms with van der Waals surface area (Å²) in [5.41, 5.74) is 0. The fourth-order valence-electron chi connectivity index (χ4n) is 3.49. The van der Waals surface area contributed by atoms with Crippen LogP contribution in [0.5, 0.6) is 0 Å². The Morgan fingerprint density at radius 3 is 3.12 bits per heavy atom. The lowest BCUT2D eigenvalue weighted by Crippen LogP contribution is -2.51. The van der Waals surface area contributed by atoms with Crippen molar-refractivity contribution in [2.24, 2.45) is 0 Å². The van der Waals surface area contributed by atoms with Crippen LogP contribution in [0.2, 0.25) is 0 Å². The van der Waals surface area contributed by atoms with Gasteiger partial charge in [-0.1, -0.05) is 6.07 Å². The van der Waals surface area contributed by atoms with Gasteiger partial charge in [0.1, 0.15) is 0 Å². The van der Waals surface area contributed by atoms with E-state index in [1.807, 2.05) is 28.5 Å². The number of ether oxygens (including phenoxy) is 1. The van der Waals surface area contributed by atoms with Crippen LogP contribution in [-0.2, 0) is 9.53 Å². The second-order valence-electron chi connectivity index (χ2n) is 6.20. The summed E-state index contributed by atoms with van der Waals surface area (Å²) in [6.07, 6.45) is 5.29. The molecule has 2 fully saturated rings. The average Bonchev–Trinajstić information content (AvgIpc) is 3.32. The minimum atomic E-state index is 0.0184. The van der Waals surface area contributed by atoms with Crippen LogP contribution in [0.15, 0.2) is 28.0 Å². The van der Waals surface area contributed by atoms with E-state index in [-0.39, 0.29) is 24.0 Å². The van der Waals surface area contributed by atoms with Gasteiger partial charge >= 0.3 is 0 Å². The van der Waals surface area contributed by atoms with Crippen molar-refractivity contribution in [1.82, 2.24) is 15.1 Å². The second-order valence-corrected chi connectivity index (χ2v) is 7.18.